The van der Waals surface area contributed by atoms with E-state index in [4.69, 9.17) is 32.3 Å². The minimum Gasteiger partial charge on any atom is -0.463 e. The van der Waals surface area contributed by atoms with Crippen LogP contribution in [0.25, 0.3) is 0 Å². The Kier molecular flexibility index (Phi) is 88.8. The first kappa shape index (κ1) is 115. The number of carbonyl (C=O) groups excluding carboxylic acids is 3. The molecule has 0 saturated carbocycles. The van der Waals surface area contributed by atoms with Crippen molar-refractivity contribution in [1.82, 2.24) is 0 Å². The number of phosphoric acid groups is 2. The van der Waals surface area contributed by atoms with Crippen molar-refractivity contribution < 1.29 is 75.8 Å². The van der Waals surface area contributed by atoms with Gasteiger partial charge in [0, 0.05) is 19.3 Å². The highest BCUT2D eigenvalue weighted by atomic mass is 31.2. The normalized spacial score (nSPS) is 14.7. The lowest BCUT2D eigenvalue weighted by molar-refractivity contribution is -0.161. The van der Waals surface area contributed by atoms with Crippen LogP contribution in [0.1, 0.15) is 367 Å². The Morgan fingerprint density at radius 1 is 0.231 bits per heavy atom. The van der Waals surface area contributed by atoms with E-state index in [1.54, 1.807) is 0 Å². The molecule has 0 aromatic rings. The second-order valence-electron chi connectivity index (χ2n) is 31.0. The molecule has 5 atom stereocenters. The second kappa shape index (κ2) is 93.3. The van der Waals surface area contributed by atoms with Gasteiger partial charge in [-0.05, 0) is 167 Å². The summed E-state index contributed by atoms with van der Waals surface area (Å²) in [6.07, 6.45) is 126. The van der Waals surface area contributed by atoms with Crippen LogP contribution in [0.15, 0.2) is 207 Å². The third-order valence-electron chi connectivity index (χ3n) is 19.5. The van der Waals surface area contributed by atoms with Gasteiger partial charge < -0.3 is 34.2 Å². The SMILES string of the molecule is CC/C=C\C/C=C\C/C=C\C/C=C\C/C=C\C/C=C\CCCCCCCCCCCCCCC(=O)OCC(COP(=O)(O)OCC(O)COP(=O)(O)OCC(O)COC(=O)CCCCCCCCCCCCCCCCCCC/C=C\C/C=C\C/C=C\C/C=C\C/C=C\CC)OC(=O)CCCC/C=C\C/C=C\C/C=C\C/C=C\C/C=C\C/C=C\CC. The van der Waals surface area contributed by atoms with Gasteiger partial charge in [-0.15, -0.1) is 0 Å². The van der Waals surface area contributed by atoms with Crippen molar-refractivity contribution in [2.24, 2.45) is 0 Å². The van der Waals surface area contributed by atoms with E-state index >= 15 is 0 Å². The fourth-order valence-electron chi connectivity index (χ4n) is 12.4. The van der Waals surface area contributed by atoms with E-state index < -0.39 is 91.5 Å². The van der Waals surface area contributed by atoms with Crippen molar-refractivity contribution in [3.63, 3.8) is 0 Å². The number of ether oxygens (including phenoxy) is 3. The summed E-state index contributed by atoms with van der Waals surface area (Å²) >= 11 is 0. The molecule has 0 radical (unpaired) electrons. The highest BCUT2D eigenvalue weighted by Gasteiger charge is 2.29. The quantitative estimate of drug-likeness (QED) is 0.0146. The molecule has 16 nitrogen and oxygen atoms in total. The van der Waals surface area contributed by atoms with Crippen LogP contribution in [0.4, 0.5) is 0 Å². The predicted octanol–water partition coefficient (Wildman–Crippen LogP) is 29.6. The molecular formula is C103H170O16P2. The summed E-state index contributed by atoms with van der Waals surface area (Å²) in [5.74, 6) is -1.63. The number of aliphatic hydroxyl groups is 2. The lowest BCUT2D eigenvalue weighted by atomic mass is 10.0. The Bertz CT molecular complexity index is 3030. The Balaban J connectivity index is 4.60. The maximum absolute atomic E-state index is 13.1. The molecule has 0 saturated heterocycles. The van der Waals surface area contributed by atoms with E-state index in [0.717, 1.165) is 167 Å². The van der Waals surface area contributed by atoms with Gasteiger partial charge in [0.25, 0.3) is 0 Å². The van der Waals surface area contributed by atoms with Crippen molar-refractivity contribution in [3.8, 4) is 0 Å². The van der Waals surface area contributed by atoms with Crippen LogP contribution >= 0.6 is 15.6 Å². The van der Waals surface area contributed by atoms with Crippen molar-refractivity contribution >= 4 is 33.6 Å². The first-order chi connectivity index (χ1) is 59.2. The molecule has 0 aromatic heterocycles. The largest absolute Gasteiger partial charge is 0.472 e. The van der Waals surface area contributed by atoms with Gasteiger partial charge in [-0.2, -0.15) is 0 Å². The molecule has 0 bridgehead atoms. The van der Waals surface area contributed by atoms with Gasteiger partial charge in [-0.25, -0.2) is 9.13 Å². The van der Waals surface area contributed by atoms with Crippen LogP contribution in [0.2, 0.25) is 0 Å². The second-order valence-corrected chi connectivity index (χ2v) is 33.9. The van der Waals surface area contributed by atoms with Gasteiger partial charge in [0.1, 0.15) is 25.4 Å². The molecule has 4 N–H and O–H groups in total. The van der Waals surface area contributed by atoms with Gasteiger partial charge in [-0.3, -0.25) is 32.5 Å². The molecule has 688 valence electrons. The summed E-state index contributed by atoms with van der Waals surface area (Å²) in [7, 11) is -9.84. The molecule has 0 heterocycles. The lowest BCUT2D eigenvalue weighted by Gasteiger charge is -2.21. The molecule has 121 heavy (non-hydrogen) atoms. The van der Waals surface area contributed by atoms with Gasteiger partial charge in [0.05, 0.1) is 26.4 Å². The number of hydrogen-bond acceptors (Lipinski definition) is 14. The number of esters is 3. The average Bonchev–Trinajstić information content (AvgIpc) is 0.882. The Morgan fingerprint density at radius 2 is 0.413 bits per heavy atom. The number of allylic oxidation sites excluding steroid dienone is 34. The molecule has 0 aromatic carbocycles. The lowest BCUT2D eigenvalue weighted by Crippen LogP contribution is -2.30. The highest BCUT2D eigenvalue weighted by Crippen LogP contribution is 2.45. The van der Waals surface area contributed by atoms with E-state index in [9.17, 15) is 43.5 Å². The minimum absolute atomic E-state index is 0.0427. The summed E-state index contributed by atoms with van der Waals surface area (Å²) in [4.78, 5) is 59.0. The van der Waals surface area contributed by atoms with Gasteiger partial charge in [-0.1, -0.05) is 388 Å². The summed E-state index contributed by atoms with van der Waals surface area (Å²) in [6, 6.07) is 0. The topological polar surface area (TPSA) is 231 Å². The van der Waals surface area contributed by atoms with E-state index in [1.165, 1.54) is 135 Å². The standard InChI is InChI=1S/C103H170O16P2/c1-4-7-10-13-16-19-22-25-28-31-34-37-39-41-43-45-47-48-50-52-53-55-57-60-62-65-68-71-74-77-80-83-86-89-101(106)113-92-98(104)93-115-120(109,110)116-94-99(105)95-117-121(111,112)118-97-100(119-103(108)91-88-85-82-79-76-73-70-67-64-59-36-33-30-27-24-21-18-15-12-9-6-3)96-114-102(107)90-87-84-81-78-75-72-69-66-63-61-58-56-54-51-49-46-44-42-40-38-35-32-29-26-23-20-17-14-11-8-5-2/h7-12,16-21,25-30,34-38,41-44,49,51,59,67,70,76,79,98-100,104-105H,4-6,13-15,22-24,31-33,39-40,45-48,50,52-58,60-66,68-69,71-75,77-78,80-97H2,1-3H3,(H,109,110)(H,111,112)/b10-7-,11-8-,12-9-,19-16-,20-17-,21-18-,28-25-,29-26-,30-27-,37-34-,38-35-,43-41-,44-42-,51-49-,59-36-,70-67-,79-76-. The van der Waals surface area contributed by atoms with Crippen LogP contribution < -0.4 is 0 Å². The third kappa shape index (κ3) is 94.6. The molecule has 18 heteroatoms. The van der Waals surface area contributed by atoms with Crippen LogP contribution in [-0.4, -0.2) is 95.9 Å². The fourth-order valence-corrected chi connectivity index (χ4v) is 14.0. The number of unbranched alkanes of at least 4 members (excludes halogenated alkanes) is 31. The van der Waals surface area contributed by atoms with E-state index in [1.807, 2.05) is 0 Å². The molecule has 5 unspecified atom stereocenters. The Morgan fingerprint density at radius 3 is 0.669 bits per heavy atom. The van der Waals surface area contributed by atoms with Crippen molar-refractivity contribution in [2.45, 2.75) is 386 Å². The molecule has 0 fully saturated rings. The number of aliphatic hydroxyl groups excluding tert-OH is 2. The highest BCUT2D eigenvalue weighted by molar-refractivity contribution is 7.47. The van der Waals surface area contributed by atoms with E-state index in [0.29, 0.717) is 25.7 Å². The molecule has 0 spiro atoms. The number of hydrogen-bond donors (Lipinski definition) is 4. The summed E-state index contributed by atoms with van der Waals surface area (Å²) in [5.41, 5.74) is 0. The molecule has 0 aliphatic rings. The Labute approximate surface area is 737 Å². The first-order valence-electron chi connectivity index (χ1n) is 47.4. The van der Waals surface area contributed by atoms with Crippen LogP contribution in [0.3, 0.4) is 0 Å². The monoisotopic (exact) mass is 1730 g/mol. The Hall–Kier alpha value is -5.87. The maximum Gasteiger partial charge on any atom is 0.472 e. The first-order valence-corrected chi connectivity index (χ1v) is 50.4. The van der Waals surface area contributed by atoms with Gasteiger partial charge >= 0.3 is 33.6 Å². The average molecular weight is 1730 g/mol. The van der Waals surface area contributed by atoms with Crippen molar-refractivity contribution in [3.05, 3.63) is 207 Å². The zero-order valence-corrected chi connectivity index (χ0v) is 77.7. The zero-order chi connectivity index (χ0) is 87.9. The molecular weight excluding hydrogens is 1560 g/mol. The van der Waals surface area contributed by atoms with Crippen LogP contribution in [0, 0.1) is 0 Å². The summed E-state index contributed by atoms with van der Waals surface area (Å²) in [5, 5.41) is 20.7. The molecule has 0 aliphatic carbocycles. The predicted molar refractivity (Wildman–Crippen MR) is 509 cm³/mol. The summed E-state index contributed by atoms with van der Waals surface area (Å²) in [6.45, 7) is 2.31. The number of carbonyl (C=O) groups is 3. The van der Waals surface area contributed by atoms with Crippen LogP contribution in [0.5, 0.6) is 0 Å². The van der Waals surface area contributed by atoms with Crippen molar-refractivity contribution in [1.29, 1.82) is 0 Å². The van der Waals surface area contributed by atoms with E-state index in [-0.39, 0.29) is 19.3 Å². The molecule has 0 amide bonds. The summed E-state index contributed by atoms with van der Waals surface area (Å²) < 4.78 is 61.5. The van der Waals surface area contributed by atoms with Crippen LogP contribution in [-0.2, 0) is 55.8 Å². The maximum atomic E-state index is 13.1. The molecule has 0 aliphatic heterocycles. The fraction of sp³-hybridized carbons (Fsp3) is 0.641. The van der Waals surface area contributed by atoms with E-state index in [2.05, 4.69) is 227 Å². The smallest absolute Gasteiger partial charge is 0.463 e. The van der Waals surface area contributed by atoms with Gasteiger partial charge in [0.2, 0.25) is 0 Å². The number of phosphoric ester groups is 2. The minimum atomic E-state index is -4.96. The van der Waals surface area contributed by atoms with Gasteiger partial charge in [0.15, 0.2) is 6.10 Å². The zero-order valence-electron chi connectivity index (χ0n) is 75.9. The third-order valence-corrected chi connectivity index (χ3v) is 21.4. The molecule has 0 rings (SSSR count). The number of rotatable bonds is 88. The van der Waals surface area contributed by atoms with Crippen molar-refractivity contribution in [2.75, 3.05) is 39.6 Å².